The van der Waals surface area contributed by atoms with Gasteiger partial charge in [0.15, 0.2) is 0 Å². The fourth-order valence-corrected chi connectivity index (χ4v) is 3.43. The summed E-state index contributed by atoms with van der Waals surface area (Å²) in [6.07, 6.45) is 6.91. The van der Waals surface area contributed by atoms with Crippen LogP contribution in [0.3, 0.4) is 0 Å². The van der Waals surface area contributed by atoms with Crippen LogP contribution in [0.15, 0.2) is 0 Å². The molecule has 3 aliphatic rings. The summed E-state index contributed by atoms with van der Waals surface area (Å²) < 4.78 is 0. The molecule has 0 aromatic carbocycles. The second-order valence-electron chi connectivity index (χ2n) is 4.95. The first kappa shape index (κ1) is 8.45. The minimum absolute atomic E-state index is 0.0134. The fourth-order valence-electron chi connectivity index (χ4n) is 3.43. The van der Waals surface area contributed by atoms with Crippen molar-refractivity contribution in [3.05, 3.63) is 0 Å². The summed E-state index contributed by atoms with van der Waals surface area (Å²) in [6, 6.07) is 0. The molecule has 3 nitrogen and oxygen atoms in total. The Morgan fingerprint density at radius 2 is 1.86 bits per heavy atom. The van der Waals surface area contributed by atoms with Gasteiger partial charge in [0.2, 0.25) is 11.8 Å². The molecule has 0 spiro atoms. The Labute approximate surface area is 83.2 Å². The molecule has 0 aromatic rings. The summed E-state index contributed by atoms with van der Waals surface area (Å²) in [5, 5.41) is 2.48. The summed E-state index contributed by atoms with van der Waals surface area (Å²) in [5.74, 6) is 0.547. The van der Waals surface area contributed by atoms with Gasteiger partial charge in [-0.1, -0.05) is 19.3 Å². The molecule has 14 heavy (non-hydrogen) atoms. The van der Waals surface area contributed by atoms with Crippen molar-refractivity contribution >= 4 is 11.8 Å². The van der Waals surface area contributed by atoms with E-state index in [2.05, 4.69) is 5.32 Å². The Kier molecular flexibility index (Phi) is 1.56. The highest BCUT2D eigenvalue weighted by molar-refractivity contribution is 6.11. The molecule has 2 atom stereocenters. The van der Waals surface area contributed by atoms with Gasteiger partial charge in [-0.05, 0) is 25.2 Å². The number of amides is 2. The molecule has 2 amide bonds. The van der Waals surface area contributed by atoms with Crippen LogP contribution < -0.4 is 5.32 Å². The van der Waals surface area contributed by atoms with Crippen LogP contribution in [0, 0.1) is 17.3 Å². The maximum atomic E-state index is 11.7. The molecule has 76 valence electrons. The maximum Gasteiger partial charge on any atom is 0.233 e. The van der Waals surface area contributed by atoms with Gasteiger partial charge in [-0.3, -0.25) is 14.9 Å². The SMILES string of the molecule is O=C1NC(=O)C2(C3CCCCC3)CC12. The summed E-state index contributed by atoms with van der Waals surface area (Å²) in [7, 11) is 0. The number of hydrogen-bond donors (Lipinski definition) is 1. The number of fused-ring (bicyclic) bond motifs is 1. The lowest BCUT2D eigenvalue weighted by molar-refractivity contribution is -0.129. The van der Waals surface area contributed by atoms with Crippen molar-refractivity contribution in [1.82, 2.24) is 5.32 Å². The number of hydrogen-bond acceptors (Lipinski definition) is 2. The van der Waals surface area contributed by atoms with Gasteiger partial charge in [0.1, 0.15) is 0 Å². The van der Waals surface area contributed by atoms with E-state index in [4.69, 9.17) is 0 Å². The quantitative estimate of drug-likeness (QED) is 0.637. The zero-order valence-electron chi connectivity index (χ0n) is 8.21. The third-order valence-corrected chi connectivity index (χ3v) is 4.31. The van der Waals surface area contributed by atoms with Gasteiger partial charge in [0, 0.05) is 0 Å². The maximum absolute atomic E-state index is 11.7. The lowest BCUT2D eigenvalue weighted by atomic mass is 9.77. The molecule has 0 aromatic heterocycles. The zero-order valence-corrected chi connectivity index (χ0v) is 8.21. The van der Waals surface area contributed by atoms with Crippen LogP contribution in [0.25, 0.3) is 0 Å². The Bertz CT molecular complexity index is 306. The van der Waals surface area contributed by atoms with Crippen molar-refractivity contribution in [2.45, 2.75) is 38.5 Å². The molecule has 2 aliphatic carbocycles. The monoisotopic (exact) mass is 193 g/mol. The van der Waals surface area contributed by atoms with Crippen molar-refractivity contribution in [3.8, 4) is 0 Å². The second-order valence-corrected chi connectivity index (χ2v) is 4.95. The number of carbonyl (C=O) groups excluding carboxylic acids is 2. The molecule has 1 heterocycles. The van der Waals surface area contributed by atoms with E-state index in [0.717, 1.165) is 19.3 Å². The molecule has 2 unspecified atom stereocenters. The summed E-state index contributed by atoms with van der Waals surface area (Å²) in [6.45, 7) is 0. The van der Waals surface area contributed by atoms with E-state index < -0.39 is 0 Å². The van der Waals surface area contributed by atoms with Gasteiger partial charge in [0.25, 0.3) is 0 Å². The normalized spacial score (nSPS) is 42.1. The lowest BCUT2D eigenvalue weighted by Crippen LogP contribution is -2.33. The van der Waals surface area contributed by atoms with Gasteiger partial charge in [-0.2, -0.15) is 0 Å². The van der Waals surface area contributed by atoms with Crippen LogP contribution in [0.4, 0.5) is 0 Å². The van der Waals surface area contributed by atoms with E-state index in [9.17, 15) is 9.59 Å². The Hall–Kier alpha value is -0.860. The molecule has 1 aliphatic heterocycles. The predicted octanol–water partition coefficient (Wildman–Crippen LogP) is 1.23. The molecule has 2 saturated carbocycles. The van der Waals surface area contributed by atoms with Crippen molar-refractivity contribution in [1.29, 1.82) is 0 Å². The molecule has 0 radical (unpaired) electrons. The minimum atomic E-state index is -0.239. The van der Waals surface area contributed by atoms with Crippen molar-refractivity contribution in [3.63, 3.8) is 0 Å². The van der Waals surface area contributed by atoms with Gasteiger partial charge in [-0.15, -0.1) is 0 Å². The number of rotatable bonds is 1. The zero-order chi connectivity index (χ0) is 9.76. The van der Waals surface area contributed by atoms with Gasteiger partial charge < -0.3 is 0 Å². The van der Waals surface area contributed by atoms with Crippen LogP contribution in [0.2, 0.25) is 0 Å². The van der Waals surface area contributed by atoms with Crippen LogP contribution in [-0.4, -0.2) is 11.8 Å². The summed E-state index contributed by atoms with van der Waals surface area (Å²) in [4.78, 5) is 23.1. The molecular weight excluding hydrogens is 178 g/mol. The highest BCUT2D eigenvalue weighted by Gasteiger charge is 2.71. The van der Waals surface area contributed by atoms with E-state index in [1.54, 1.807) is 0 Å². The average molecular weight is 193 g/mol. The molecule has 1 saturated heterocycles. The predicted molar refractivity (Wildman–Crippen MR) is 50.3 cm³/mol. The van der Waals surface area contributed by atoms with Crippen molar-refractivity contribution in [2.24, 2.45) is 17.3 Å². The van der Waals surface area contributed by atoms with Crippen LogP contribution in [0.5, 0.6) is 0 Å². The first-order valence-electron chi connectivity index (χ1n) is 5.60. The van der Waals surface area contributed by atoms with Crippen LogP contribution in [-0.2, 0) is 9.59 Å². The van der Waals surface area contributed by atoms with Gasteiger partial charge in [-0.25, -0.2) is 0 Å². The molecular formula is C11H15NO2. The summed E-state index contributed by atoms with van der Waals surface area (Å²) >= 11 is 0. The standard InChI is InChI=1S/C11H15NO2/c13-9-8-6-11(8,10(14)12-9)7-4-2-1-3-5-7/h7-8H,1-6H2,(H,12,13,14). The van der Waals surface area contributed by atoms with Crippen LogP contribution in [0.1, 0.15) is 38.5 Å². The van der Waals surface area contributed by atoms with Crippen molar-refractivity contribution < 1.29 is 9.59 Å². The van der Waals surface area contributed by atoms with Crippen LogP contribution >= 0.6 is 0 Å². The molecule has 3 heteroatoms. The average Bonchev–Trinajstić information content (AvgIpc) is 2.90. The number of nitrogens with one attached hydrogen (secondary N) is 1. The minimum Gasteiger partial charge on any atom is -0.296 e. The van der Waals surface area contributed by atoms with E-state index in [1.165, 1.54) is 19.3 Å². The first-order chi connectivity index (χ1) is 6.75. The Morgan fingerprint density at radius 3 is 2.36 bits per heavy atom. The van der Waals surface area contributed by atoms with E-state index >= 15 is 0 Å². The third-order valence-electron chi connectivity index (χ3n) is 4.31. The van der Waals surface area contributed by atoms with E-state index in [-0.39, 0.29) is 23.1 Å². The number of imide groups is 1. The van der Waals surface area contributed by atoms with Gasteiger partial charge >= 0.3 is 0 Å². The highest BCUT2D eigenvalue weighted by Crippen LogP contribution is 2.63. The number of piperidine rings is 1. The van der Waals surface area contributed by atoms with E-state index in [0.29, 0.717) is 5.92 Å². The molecule has 1 N–H and O–H groups in total. The number of carbonyl (C=O) groups is 2. The van der Waals surface area contributed by atoms with E-state index in [1.807, 2.05) is 0 Å². The van der Waals surface area contributed by atoms with Crippen molar-refractivity contribution in [2.75, 3.05) is 0 Å². The lowest BCUT2D eigenvalue weighted by Gasteiger charge is -2.27. The topological polar surface area (TPSA) is 46.2 Å². The largest absolute Gasteiger partial charge is 0.296 e. The smallest absolute Gasteiger partial charge is 0.233 e. The Balaban J connectivity index is 1.84. The molecule has 0 bridgehead atoms. The molecule has 3 rings (SSSR count). The summed E-state index contributed by atoms with van der Waals surface area (Å²) in [5.41, 5.74) is -0.239. The van der Waals surface area contributed by atoms with Gasteiger partial charge in [0.05, 0.1) is 11.3 Å². The first-order valence-corrected chi connectivity index (χ1v) is 5.60. The Morgan fingerprint density at radius 1 is 1.14 bits per heavy atom. The second kappa shape index (κ2) is 2.59. The highest BCUT2D eigenvalue weighted by atomic mass is 16.2. The third kappa shape index (κ3) is 0.877. The fraction of sp³-hybridized carbons (Fsp3) is 0.818. The molecule has 3 fully saturated rings.